The first kappa shape index (κ1) is 13.0. The zero-order valence-electron chi connectivity index (χ0n) is 11.0. The molecule has 0 aliphatic carbocycles. The maximum absolute atomic E-state index is 11.2. The van der Waals surface area contributed by atoms with Crippen molar-refractivity contribution in [2.45, 2.75) is 38.6 Å². The molecule has 1 aromatic heterocycles. The number of nitrogens with one attached hydrogen (secondary N) is 2. The summed E-state index contributed by atoms with van der Waals surface area (Å²) in [5, 5.41) is 6.06. The molecule has 0 saturated carbocycles. The van der Waals surface area contributed by atoms with Crippen molar-refractivity contribution in [2.24, 2.45) is 0 Å². The van der Waals surface area contributed by atoms with Crippen molar-refractivity contribution in [2.75, 3.05) is 13.6 Å². The highest BCUT2D eigenvalue weighted by Crippen LogP contribution is 2.22. The lowest BCUT2D eigenvalue weighted by Gasteiger charge is -2.11. The summed E-state index contributed by atoms with van der Waals surface area (Å²) >= 11 is 0. The molecule has 2 rings (SSSR count). The summed E-state index contributed by atoms with van der Waals surface area (Å²) in [6.07, 6.45) is 3.47. The van der Waals surface area contributed by atoms with E-state index in [-0.39, 0.29) is 5.91 Å². The van der Waals surface area contributed by atoms with Crippen molar-refractivity contribution in [1.82, 2.24) is 20.6 Å². The summed E-state index contributed by atoms with van der Waals surface area (Å²) in [6, 6.07) is 2.38. The molecule has 1 fully saturated rings. The van der Waals surface area contributed by atoms with Crippen molar-refractivity contribution >= 4 is 5.91 Å². The average Bonchev–Trinajstić information content (AvgIpc) is 2.89. The Morgan fingerprint density at radius 3 is 3.06 bits per heavy atom. The van der Waals surface area contributed by atoms with Gasteiger partial charge in [-0.2, -0.15) is 0 Å². The first-order valence-electron chi connectivity index (χ1n) is 6.47. The van der Waals surface area contributed by atoms with Crippen LogP contribution in [0.2, 0.25) is 0 Å². The molecule has 5 heteroatoms. The molecule has 2 N–H and O–H groups in total. The van der Waals surface area contributed by atoms with Crippen molar-refractivity contribution in [3.8, 4) is 0 Å². The van der Waals surface area contributed by atoms with Crippen molar-refractivity contribution in [1.29, 1.82) is 0 Å². The minimum atomic E-state index is 0.0480. The fourth-order valence-corrected chi connectivity index (χ4v) is 2.27. The predicted octanol–water partition coefficient (Wildman–Crippen LogP) is 0.888. The Balaban J connectivity index is 2.08. The molecule has 18 heavy (non-hydrogen) atoms. The van der Waals surface area contributed by atoms with E-state index in [1.54, 1.807) is 7.05 Å². The smallest absolute Gasteiger partial charge is 0.220 e. The highest BCUT2D eigenvalue weighted by molar-refractivity contribution is 5.75. The second kappa shape index (κ2) is 5.91. The van der Waals surface area contributed by atoms with Gasteiger partial charge < -0.3 is 10.6 Å². The number of aromatic nitrogens is 2. The summed E-state index contributed by atoms with van der Waals surface area (Å²) in [5.41, 5.74) is 2.02. The molecule has 0 spiro atoms. The van der Waals surface area contributed by atoms with Crippen molar-refractivity contribution in [3.05, 3.63) is 23.3 Å². The van der Waals surface area contributed by atoms with Crippen molar-refractivity contribution in [3.63, 3.8) is 0 Å². The second-order valence-electron chi connectivity index (χ2n) is 4.65. The molecule has 0 radical (unpaired) electrons. The van der Waals surface area contributed by atoms with Crippen LogP contribution < -0.4 is 10.6 Å². The largest absolute Gasteiger partial charge is 0.359 e. The van der Waals surface area contributed by atoms with E-state index in [1.165, 1.54) is 6.42 Å². The first-order valence-corrected chi connectivity index (χ1v) is 6.47. The van der Waals surface area contributed by atoms with Crippen LogP contribution in [0.25, 0.3) is 0 Å². The highest BCUT2D eigenvalue weighted by atomic mass is 16.1. The molecular formula is C13H20N4O. The van der Waals surface area contributed by atoms with Crippen LogP contribution in [-0.4, -0.2) is 29.5 Å². The van der Waals surface area contributed by atoms with Gasteiger partial charge >= 0.3 is 0 Å². The third kappa shape index (κ3) is 3.26. The summed E-state index contributed by atoms with van der Waals surface area (Å²) in [6.45, 7) is 2.96. The van der Waals surface area contributed by atoms with Gasteiger partial charge in [0.15, 0.2) is 0 Å². The summed E-state index contributed by atoms with van der Waals surface area (Å²) < 4.78 is 0. The number of carbonyl (C=O) groups is 1. The minimum Gasteiger partial charge on any atom is -0.359 e. The fraction of sp³-hybridized carbons (Fsp3) is 0.615. The standard InChI is InChI=1S/C13H20N4O/c1-9-16-10(5-6-13(18)14-2)8-12(17-9)11-4-3-7-15-11/h8,11,15H,3-7H2,1-2H3,(H,14,18). The third-order valence-electron chi connectivity index (χ3n) is 3.22. The number of carbonyl (C=O) groups excluding carboxylic acids is 1. The monoisotopic (exact) mass is 248 g/mol. The zero-order valence-corrected chi connectivity index (χ0v) is 11.0. The minimum absolute atomic E-state index is 0.0480. The van der Waals surface area contributed by atoms with E-state index < -0.39 is 0 Å². The van der Waals surface area contributed by atoms with Gasteiger partial charge in [0, 0.05) is 25.2 Å². The molecule has 98 valence electrons. The van der Waals surface area contributed by atoms with Crippen LogP contribution in [0.1, 0.15) is 42.5 Å². The van der Waals surface area contributed by atoms with Gasteiger partial charge in [-0.1, -0.05) is 0 Å². The van der Waals surface area contributed by atoms with Gasteiger partial charge in [-0.3, -0.25) is 4.79 Å². The number of amides is 1. The number of rotatable bonds is 4. The van der Waals surface area contributed by atoms with Gasteiger partial charge in [-0.15, -0.1) is 0 Å². The molecule has 1 saturated heterocycles. The van der Waals surface area contributed by atoms with Gasteiger partial charge in [-0.05, 0) is 38.8 Å². The van der Waals surface area contributed by atoms with Crippen LogP contribution in [0.5, 0.6) is 0 Å². The zero-order chi connectivity index (χ0) is 13.0. The van der Waals surface area contributed by atoms with E-state index >= 15 is 0 Å². The lowest BCUT2D eigenvalue weighted by Crippen LogP contribution is -2.19. The summed E-state index contributed by atoms with van der Waals surface area (Å²) in [7, 11) is 1.65. The van der Waals surface area contributed by atoms with E-state index in [0.717, 1.165) is 30.2 Å². The Hall–Kier alpha value is -1.49. The normalized spacial score (nSPS) is 18.9. The fourth-order valence-electron chi connectivity index (χ4n) is 2.27. The van der Waals surface area contributed by atoms with Gasteiger partial charge in [0.2, 0.25) is 5.91 Å². The molecule has 0 bridgehead atoms. The predicted molar refractivity (Wildman–Crippen MR) is 69.1 cm³/mol. The molecule has 5 nitrogen and oxygen atoms in total. The highest BCUT2D eigenvalue weighted by Gasteiger charge is 2.18. The molecule has 1 atom stereocenters. The van der Waals surface area contributed by atoms with Crippen molar-refractivity contribution < 1.29 is 4.79 Å². The Morgan fingerprint density at radius 2 is 2.39 bits per heavy atom. The van der Waals surface area contributed by atoms with Crippen LogP contribution in [-0.2, 0) is 11.2 Å². The van der Waals surface area contributed by atoms with Gasteiger partial charge in [0.1, 0.15) is 5.82 Å². The number of nitrogens with zero attached hydrogens (tertiary/aromatic N) is 2. The Bertz CT molecular complexity index is 427. The SMILES string of the molecule is CNC(=O)CCc1cc(C2CCCN2)nc(C)n1. The third-order valence-corrected chi connectivity index (χ3v) is 3.22. The topological polar surface area (TPSA) is 66.9 Å². The van der Waals surface area contributed by atoms with Crippen LogP contribution >= 0.6 is 0 Å². The van der Waals surface area contributed by atoms with E-state index in [9.17, 15) is 4.79 Å². The first-order chi connectivity index (χ1) is 8.69. The van der Waals surface area contributed by atoms with Crippen LogP contribution in [0.15, 0.2) is 6.07 Å². The molecule has 1 aliphatic heterocycles. The van der Waals surface area contributed by atoms with E-state index in [1.807, 2.05) is 13.0 Å². The Labute approximate surface area is 107 Å². The molecule has 1 aliphatic rings. The Kier molecular flexibility index (Phi) is 4.25. The van der Waals surface area contributed by atoms with Gasteiger partial charge in [-0.25, -0.2) is 9.97 Å². The summed E-state index contributed by atoms with van der Waals surface area (Å²) in [4.78, 5) is 20.1. The van der Waals surface area contributed by atoms with E-state index in [0.29, 0.717) is 18.9 Å². The lowest BCUT2D eigenvalue weighted by atomic mass is 10.1. The number of hydrogen-bond donors (Lipinski definition) is 2. The average molecular weight is 248 g/mol. The van der Waals surface area contributed by atoms with Crippen LogP contribution in [0.4, 0.5) is 0 Å². The van der Waals surface area contributed by atoms with Crippen LogP contribution in [0, 0.1) is 6.92 Å². The molecule has 0 aromatic carbocycles. The Morgan fingerprint density at radius 1 is 1.56 bits per heavy atom. The number of aryl methyl sites for hydroxylation is 2. The number of hydrogen-bond acceptors (Lipinski definition) is 4. The van der Waals surface area contributed by atoms with Crippen LogP contribution in [0.3, 0.4) is 0 Å². The maximum Gasteiger partial charge on any atom is 0.220 e. The lowest BCUT2D eigenvalue weighted by molar-refractivity contribution is -0.120. The molecule has 1 amide bonds. The second-order valence-corrected chi connectivity index (χ2v) is 4.65. The molecular weight excluding hydrogens is 228 g/mol. The molecule has 1 unspecified atom stereocenters. The van der Waals surface area contributed by atoms with Gasteiger partial charge in [0.05, 0.1) is 5.69 Å². The quantitative estimate of drug-likeness (QED) is 0.830. The van der Waals surface area contributed by atoms with E-state index in [2.05, 4.69) is 20.6 Å². The van der Waals surface area contributed by atoms with Gasteiger partial charge in [0.25, 0.3) is 0 Å². The van der Waals surface area contributed by atoms with E-state index in [4.69, 9.17) is 0 Å². The summed E-state index contributed by atoms with van der Waals surface area (Å²) in [5.74, 6) is 0.833. The molecule has 2 heterocycles. The molecule has 1 aromatic rings. The maximum atomic E-state index is 11.2.